The second kappa shape index (κ2) is 11.7. The fraction of sp³-hybridized carbons (Fsp3) is 0.423. The average Bonchev–Trinajstić information content (AvgIpc) is 3.36. The predicted octanol–water partition coefficient (Wildman–Crippen LogP) is 3.39. The number of carbonyl (C=O) groups excluding carboxylic acids is 3. The SMILES string of the molecule is CCOc1cc(C(=O)OC(C)C(=O)Nc2ccc3c(c2)OCO3)ccc1OCC(=O)N1CCCCC1. The normalized spacial score (nSPS) is 15.1. The first kappa shape index (κ1) is 25.2. The summed E-state index contributed by atoms with van der Waals surface area (Å²) in [6, 6.07) is 9.54. The summed E-state index contributed by atoms with van der Waals surface area (Å²) in [6.07, 6.45) is 2.08. The van der Waals surface area contributed by atoms with Gasteiger partial charge in [0.1, 0.15) is 0 Å². The van der Waals surface area contributed by atoms with Crippen molar-refractivity contribution in [3.63, 3.8) is 0 Å². The van der Waals surface area contributed by atoms with Crippen LogP contribution in [0.5, 0.6) is 23.0 Å². The van der Waals surface area contributed by atoms with Crippen LogP contribution < -0.4 is 24.3 Å². The summed E-state index contributed by atoms with van der Waals surface area (Å²) in [4.78, 5) is 39.5. The van der Waals surface area contributed by atoms with Crippen LogP contribution >= 0.6 is 0 Å². The van der Waals surface area contributed by atoms with Gasteiger partial charge >= 0.3 is 5.97 Å². The van der Waals surface area contributed by atoms with Crippen molar-refractivity contribution in [3.8, 4) is 23.0 Å². The Balaban J connectivity index is 1.34. The quantitative estimate of drug-likeness (QED) is 0.524. The molecule has 192 valence electrons. The molecular formula is C26H30N2O8. The maximum atomic E-state index is 12.7. The molecule has 1 unspecified atom stereocenters. The number of anilines is 1. The molecule has 0 saturated carbocycles. The third-order valence-electron chi connectivity index (χ3n) is 5.83. The van der Waals surface area contributed by atoms with Gasteiger partial charge in [0.05, 0.1) is 12.2 Å². The third kappa shape index (κ3) is 6.18. The van der Waals surface area contributed by atoms with Gasteiger partial charge in [-0.2, -0.15) is 0 Å². The van der Waals surface area contributed by atoms with Crippen LogP contribution in [0.1, 0.15) is 43.5 Å². The summed E-state index contributed by atoms with van der Waals surface area (Å²) < 4.78 is 27.2. The van der Waals surface area contributed by atoms with E-state index >= 15 is 0 Å². The number of ether oxygens (including phenoxy) is 5. The molecule has 10 nitrogen and oxygen atoms in total. The number of hydrogen-bond acceptors (Lipinski definition) is 8. The second-order valence-electron chi connectivity index (χ2n) is 8.43. The van der Waals surface area contributed by atoms with Crippen LogP contribution in [0.2, 0.25) is 0 Å². The van der Waals surface area contributed by atoms with E-state index in [-0.39, 0.29) is 24.9 Å². The Bertz CT molecular complexity index is 1110. The highest BCUT2D eigenvalue weighted by Crippen LogP contribution is 2.34. The van der Waals surface area contributed by atoms with Crippen LogP contribution in [0.15, 0.2) is 36.4 Å². The number of piperidine rings is 1. The number of rotatable bonds is 9. The van der Waals surface area contributed by atoms with Crippen LogP contribution in [0, 0.1) is 0 Å². The van der Waals surface area contributed by atoms with Crippen LogP contribution in [0.4, 0.5) is 5.69 Å². The van der Waals surface area contributed by atoms with E-state index in [1.54, 1.807) is 36.1 Å². The number of esters is 1. The monoisotopic (exact) mass is 498 g/mol. The van der Waals surface area contributed by atoms with Crippen LogP contribution in [0.3, 0.4) is 0 Å². The fourth-order valence-electron chi connectivity index (χ4n) is 3.90. The van der Waals surface area contributed by atoms with Gasteiger partial charge in [-0.05, 0) is 63.4 Å². The summed E-state index contributed by atoms with van der Waals surface area (Å²) >= 11 is 0. The first-order valence-electron chi connectivity index (χ1n) is 12.0. The number of nitrogens with one attached hydrogen (secondary N) is 1. The smallest absolute Gasteiger partial charge is 0.339 e. The Kier molecular flexibility index (Phi) is 8.14. The molecule has 2 heterocycles. The van der Waals surface area contributed by atoms with E-state index in [9.17, 15) is 14.4 Å². The van der Waals surface area contributed by atoms with Crippen molar-refractivity contribution in [2.45, 2.75) is 39.2 Å². The lowest BCUT2D eigenvalue weighted by atomic mass is 10.1. The highest BCUT2D eigenvalue weighted by molar-refractivity contribution is 5.97. The molecule has 0 bridgehead atoms. The topological polar surface area (TPSA) is 113 Å². The van der Waals surface area contributed by atoms with E-state index in [0.717, 1.165) is 32.4 Å². The van der Waals surface area contributed by atoms with E-state index in [0.29, 0.717) is 35.3 Å². The van der Waals surface area contributed by atoms with Crippen molar-refractivity contribution in [1.82, 2.24) is 4.90 Å². The van der Waals surface area contributed by atoms with Gasteiger partial charge in [-0.3, -0.25) is 9.59 Å². The lowest BCUT2D eigenvalue weighted by molar-refractivity contribution is -0.134. The van der Waals surface area contributed by atoms with Crippen LogP contribution in [-0.4, -0.2) is 61.9 Å². The number of carbonyl (C=O) groups is 3. The van der Waals surface area contributed by atoms with Crippen molar-refractivity contribution in [2.24, 2.45) is 0 Å². The molecule has 2 aliphatic heterocycles. The summed E-state index contributed by atoms with van der Waals surface area (Å²) in [5, 5.41) is 2.69. The van der Waals surface area contributed by atoms with Crippen molar-refractivity contribution in [2.75, 3.05) is 38.4 Å². The zero-order valence-corrected chi connectivity index (χ0v) is 20.4. The highest BCUT2D eigenvalue weighted by atomic mass is 16.7. The molecule has 0 spiro atoms. The van der Waals surface area contributed by atoms with Gasteiger partial charge in [0, 0.05) is 24.8 Å². The highest BCUT2D eigenvalue weighted by Gasteiger charge is 2.22. The zero-order chi connectivity index (χ0) is 25.5. The zero-order valence-electron chi connectivity index (χ0n) is 20.4. The lowest BCUT2D eigenvalue weighted by Crippen LogP contribution is -2.38. The molecule has 0 aliphatic carbocycles. The minimum Gasteiger partial charge on any atom is -0.490 e. The molecule has 2 aromatic rings. The maximum Gasteiger partial charge on any atom is 0.339 e. The molecule has 36 heavy (non-hydrogen) atoms. The van der Waals surface area contributed by atoms with Crippen molar-refractivity contribution >= 4 is 23.5 Å². The fourth-order valence-corrected chi connectivity index (χ4v) is 3.90. The molecule has 2 aliphatic rings. The van der Waals surface area contributed by atoms with Crippen LogP contribution in [-0.2, 0) is 14.3 Å². The maximum absolute atomic E-state index is 12.7. The summed E-state index contributed by atoms with van der Waals surface area (Å²) in [7, 11) is 0. The standard InChI is InChI=1S/C26H30N2O8/c1-3-32-22-13-18(7-9-20(22)33-15-24(29)28-11-5-4-6-12-28)26(31)36-17(2)25(30)27-19-8-10-21-23(14-19)35-16-34-21/h7-10,13-14,17H,3-6,11-12,15-16H2,1-2H3,(H,27,30). The number of nitrogens with zero attached hydrogens (tertiary/aromatic N) is 1. The average molecular weight is 499 g/mol. The first-order chi connectivity index (χ1) is 17.4. The molecule has 2 aromatic carbocycles. The second-order valence-corrected chi connectivity index (χ2v) is 8.43. The van der Waals surface area contributed by atoms with Crippen molar-refractivity contribution in [3.05, 3.63) is 42.0 Å². The Hall–Kier alpha value is -3.95. The van der Waals surface area contributed by atoms with Gasteiger partial charge < -0.3 is 33.9 Å². The Morgan fingerprint density at radius 1 is 0.972 bits per heavy atom. The molecule has 1 N–H and O–H groups in total. The summed E-state index contributed by atoms with van der Waals surface area (Å²) in [5.74, 6) is 0.525. The largest absolute Gasteiger partial charge is 0.490 e. The van der Waals surface area contributed by atoms with E-state index in [2.05, 4.69) is 5.32 Å². The lowest BCUT2D eigenvalue weighted by Gasteiger charge is -2.26. The van der Waals surface area contributed by atoms with Crippen LogP contribution in [0.25, 0.3) is 0 Å². The van der Waals surface area contributed by atoms with Gasteiger partial charge in [0.2, 0.25) is 6.79 Å². The van der Waals surface area contributed by atoms with Gasteiger partial charge in [0.15, 0.2) is 35.7 Å². The first-order valence-corrected chi connectivity index (χ1v) is 12.0. The van der Waals surface area contributed by atoms with Crippen molar-refractivity contribution < 1.29 is 38.1 Å². The van der Waals surface area contributed by atoms with E-state index in [4.69, 9.17) is 23.7 Å². The van der Waals surface area contributed by atoms with Gasteiger partial charge in [-0.1, -0.05) is 0 Å². The minimum atomic E-state index is -1.06. The molecule has 1 saturated heterocycles. The number of amides is 2. The van der Waals surface area contributed by atoms with E-state index < -0.39 is 18.0 Å². The summed E-state index contributed by atoms with van der Waals surface area (Å²) in [6.45, 7) is 5.12. The number of fused-ring (bicyclic) bond motifs is 1. The predicted molar refractivity (Wildman–Crippen MR) is 130 cm³/mol. The molecule has 1 fully saturated rings. The van der Waals surface area contributed by atoms with Gasteiger partial charge in [-0.15, -0.1) is 0 Å². The molecule has 1 atom stereocenters. The van der Waals surface area contributed by atoms with E-state index in [1.165, 1.54) is 19.1 Å². The number of benzene rings is 2. The number of likely N-dealkylation sites (tertiary alicyclic amines) is 1. The Morgan fingerprint density at radius 2 is 1.75 bits per heavy atom. The Morgan fingerprint density at radius 3 is 2.53 bits per heavy atom. The third-order valence-corrected chi connectivity index (χ3v) is 5.83. The van der Waals surface area contributed by atoms with Gasteiger partial charge in [-0.25, -0.2) is 4.79 Å². The number of hydrogen-bond donors (Lipinski definition) is 1. The van der Waals surface area contributed by atoms with Gasteiger partial charge in [0.25, 0.3) is 11.8 Å². The minimum absolute atomic E-state index is 0.0806. The molecule has 10 heteroatoms. The molecule has 0 radical (unpaired) electrons. The molecular weight excluding hydrogens is 468 g/mol. The molecule has 0 aromatic heterocycles. The van der Waals surface area contributed by atoms with E-state index in [1.807, 2.05) is 0 Å². The summed E-state index contributed by atoms with van der Waals surface area (Å²) in [5.41, 5.74) is 0.683. The Labute approximate surface area is 209 Å². The molecule has 4 rings (SSSR count). The molecule has 2 amide bonds. The van der Waals surface area contributed by atoms with Crippen molar-refractivity contribution in [1.29, 1.82) is 0 Å².